The summed E-state index contributed by atoms with van der Waals surface area (Å²) in [6, 6.07) is 79.2. The van der Waals surface area contributed by atoms with Crippen LogP contribution in [0, 0.1) is 0 Å². The molecule has 0 atom stereocenters. The minimum Gasteiger partial charge on any atom is -0.310 e. The Morgan fingerprint density at radius 2 is 0.729 bits per heavy atom. The van der Waals surface area contributed by atoms with Gasteiger partial charge in [-0.15, -0.1) is 0 Å². The molecule has 12 rings (SSSR count). The quantitative estimate of drug-likeness (QED) is 0.162. The fourth-order valence-electron chi connectivity index (χ4n) is 10.9. The van der Waals surface area contributed by atoms with Gasteiger partial charge in [0, 0.05) is 22.5 Å². The maximum atomic E-state index is 2.51. The molecule has 0 bridgehead atoms. The molecule has 0 aromatic heterocycles. The fraction of sp³-hybridized carbons (Fsp3) is 0.0690. The Morgan fingerprint density at radius 3 is 1.36 bits per heavy atom. The highest BCUT2D eigenvalue weighted by Crippen LogP contribution is 2.62. The van der Waals surface area contributed by atoms with E-state index >= 15 is 0 Å². The van der Waals surface area contributed by atoms with Crippen molar-refractivity contribution in [1.29, 1.82) is 0 Å². The average molecular weight is 752 g/mol. The molecular formula is C58H41N. The lowest BCUT2D eigenvalue weighted by atomic mass is 9.55. The standard InChI is InChI=1S/C58H41N/c1-57(2)53-26-14-15-27-55(53)58(51-24-12-10-22-48(51)49-23-11-13-25-52(49)58)56-37-42(33-35-54(56)57)59(40-16-4-3-5-17-40)41-31-28-38(29-32-41)39-30-34-47-45-20-7-6-18-43(45)44-19-8-9-21-46(44)50(47)36-39/h3-37H,1-2H3. The number of hydrogen-bond acceptors (Lipinski definition) is 1. The SMILES string of the molecule is CC1(C)c2ccccc2C2(c3ccccc3-c3ccccc32)c2cc(N(c3ccccc3)c3ccc(-c4ccc5c6ccccc6c6ccccc6c5c4)cc3)ccc21. The zero-order valence-corrected chi connectivity index (χ0v) is 33.2. The first kappa shape index (κ1) is 33.9. The summed E-state index contributed by atoms with van der Waals surface area (Å²) < 4.78 is 0. The molecule has 10 aromatic rings. The Morgan fingerprint density at radius 1 is 0.288 bits per heavy atom. The molecule has 0 unspecified atom stereocenters. The highest BCUT2D eigenvalue weighted by molar-refractivity contribution is 6.25. The average Bonchev–Trinajstić information content (AvgIpc) is 3.60. The monoisotopic (exact) mass is 751 g/mol. The number of para-hydroxylation sites is 1. The summed E-state index contributed by atoms with van der Waals surface area (Å²) in [5.74, 6) is 0. The van der Waals surface area contributed by atoms with Gasteiger partial charge in [0.1, 0.15) is 0 Å². The minimum atomic E-state index is -0.456. The predicted octanol–water partition coefficient (Wildman–Crippen LogP) is 15.3. The molecule has 1 spiro atoms. The van der Waals surface area contributed by atoms with Crippen LogP contribution in [0.3, 0.4) is 0 Å². The lowest BCUT2D eigenvalue weighted by molar-refractivity contribution is 0.563. The first-order valence-electron chi connectivity index (χ1n) is 20.8. The van der Waals surface area contributed by atoms with Crippen LogP contribution in [0.15, 0.2) is 212 Å². The molecular weight excluding hydrogens is 711 g/mol. The summed E-state index contributed by atoms with van der Waals surface area (Å²) in [6.07, 6.45) is 0. The normalized spacial score (nSPS) is 14.2. The van der Waals surface area contributed by atoms with Crippen molar-refractivity contribution >= 4 is 49.4 Å². The number of rotatable bonds is 4. The van der Waals surface area contributed by atoms with E-state index in [-0.39, 0.29) is 5.41 Å². The molecule has 278 valence electrons. The van der Waals surface area contributed by atoms with E-state index in [0.717, 1.165) is 17.1 Å². The van der Waals surface area contributed by atoms with Crippen LogP contribution in [0.4, 0.5) is 17.1 Å². The van der Waals surface area contributed by atoms with Crippen LogP contribution in [0.25, 0.3) is 54.6 Å². The van der Waals surface area contributed by atoms with E-state index in [1.807, 2.05) is 0 Å². The molecule has 0 aliphatic heterocycles. The summed E-state index contributed by atoms with van der Waals surface area (Å²) >= 11 is 0. The number of anilines is 3. The molecule has 0 heterocycles. The van der Waals surface area contributed by atoms with Crippen LogP contribution in [0.5, 0.6) is 0 Å². The van der Waals surface area contributed by atoms with Crippen molar-refractivity contribution in [2.75, 3.05) is 4.90 Å². The molecule has 0 saturated heterocycles. The van der Waals surface area contributed by atoms with Crippen molar-refractivity contribution in [2.24, 2.45) is 0 Å². The molecule has 0 saturated carbocycles. The molecule has 1 heteroatoms. The second kappa shape index (κ2) is 12.6. The van der Waals surface area contributed by atoms with E-state index in [1.165, 1.54) is 88.0 Å². The maximum absolute atomic E-state index is 2.51. The van der Waals surface area contributed by atoms with Gasteiger partial charge < -0.3 is 4.90 Å². The highest BCUT2D eigenvalue weighted by Gasteiger charge is 2.53. The summed E-state index contributed by atoms with van der Waals surface area (Å²) in [5, 5.41) is 7.76. The van der Waals surface area contributed by atoms with E-state index in [9.17, 15) is 0 Å². The maximum Gasteiger partial charge on any atom is 0.0720 e. The number of hydrogen-bond donors (Lipinski definition) is 0. The van der Waals surface area contributed by atoms with Gasteiger partial charge in [-0.1, -0.05) is 184 Å². The Bertz CT molecular complexity index is 3220. The predicted molar refractivity (Wildman–Crippen MR) is 249 cm³/mol. The smallest absolute Gasteiger partial charge is 0.0720 e. The number of nitrogens with zero attached hydrogens (tertiary/aromatic N) is 1. The summed E-state index contributed by atoms with van der Waals surface area (Å²) in [7, 11) is 0. The van der Waals surface area contributed by atoms with Gasteiger partial charge in [-0.2, -0.15) is 0 Å². The van der Waals surface area contributed by atoms with Gasteiger partial charge in [-0.05, 0) is 130 Å². The van der Waals surface area contributed by atoms with Gasteiger partial charge in [-0.25, -0.2) is 0 Å². The van der Waals surface area contributed by atoms with Crippen molar-refractivity contribution in [3.05, 3.63) is 246 Å². The van der Waals surface area contributed by atoms with Crippen molar-refractivity contribution in [2.45, 2.75) is 24.7 Å². The first-order chi connectivity index (χ1) is 29.0. The van der Waals surface area contributed by atoms with Gasteiger partial charge in [0.15, 0.2) is 0 Å². The molecule has 0 radical (unpaired) electrons. The largest absolute Gasteiger partial charge is 0.310 e. The minimum absolute atomic E-state index is 0.196. The molecule has 0 fully saturated rings. The van der Waals surface area contributed by atoms with E-state index in [4.69, 9.17) is 0 Å². The van der Waals surface area contributed by atoms with Crippen LogP contribution in [-0.4, -0.2) is 0 Å². The Balaban J connectivity index is 1.04. The third kappa shape index (κ3) is 4.73. The van der Waals surface area contributed by atoms with Crippen LogP contribution < -0.4 is 4.90 Å². The van der Waals surface area contributed by atoms with E-state index < -0.39 is 5.41 Å². The molecule has 0 amide bonds. The lowest BCUT2D eigenvalue weighted by Gasteiger charge is -2.47. The molecule has 2 aliphatic rings. The van der Waals surface area contributed by atoms with Crippen molar-refractivity contribution < 1.29 is 0 Å². The van der Waals surface area contributed by atoms with E-state index in [1.54, 1.807) is 0 Å². The Labute approximate surface area is 345 Å². The topological polar surface area (TPSA) is 3.24 Å². The number of fused-ring (bicyclic) bond motifs is 15. The van der Waals surface area contributed by atoms with E-state index in [0.29, 0.717) is 0 Å². The molecule has 10 aromatic carbocycles. The Kier molecular flexibility index (Phi) is 7.26. The zero-order valence-electron chi connectivity index (χ0n) is 33.2. The van der Waals surface area contributed by atoms with Crippen LogP contribution in [0.1, 0.15) is 47.2 Å². The summed E-state index contributed by atoms with van der Waals surface area (Å²) in [5.41, 5.74) is 16.0. The fourth-order valence-corrected chi connectivity index (χ4v) is 10.9. The molecule has 1 nitrogen and oxygen atoms in total. The highest BCUT2D eigenvalue weighted by atomic mass is 15.1. The second-order valence-corrected chi connectivity index (χ2v) is 16.8. The zero-order chi connectivity index (χ0) is 39.3. The van der Waals surface area contributed by atoms with Gasteiger partial charge in [0.2, 0.25) is 0 Å². The first-order valence-corrected chi connectivity index (χ1v) is 20.8. The lowest BCUT2D eigenvalue weighted by Crippen LogP contribution is -2.40. The van der Waals surface area contributed by atoms with Gasteiger partial charge in [0.25, 0.3) is 0 Å². The van der Waals surface area contributed by atoms with Crippen molar-refractivity contribution in [1.82, 2.24) is 0 Å². The van der Waals surface area contributed by atoms with E-state index in [2.05, 4.69) is 231 Å². The van der Waals surface area contributed by atoms with Crippen molar-refractivity contribution in [3.8, 4) is 22.3 Å². The Hall–Kier alpha value is -7.22. The van der Waals surface area contributed by atoms with Gasteiger partial charge in [0.05, 0.1) is 5.41 Å². The van der Waals surface area contributed by atoms with Crippen LogP contribution in [0.2, 0.25) is 0 Å². The van der Waals surface area contributed by atoms with Crippen LogP contribution >= 0.6 is 0 Å². The molecule has 59 heavy (non-hydrogen) atoms. The van der Waals surface area contributed by atoms with Gasteiger partial charge >= 0.3 is 0 Å². The molecule has 0 N–H and O–H groups in total. The third-order valence-electron chi connectivity index (χ3n) is 13.5. The third-order valence-corrected chi connectivity index (χ3v) is 13.5. The van der Waals surface area contributed by atoms with Gasteiger partial charge in [-0.3, -0.25) is 0 Å². The molecule has 2 aliphatic carbocycles. The second-order valence-electron chi connectivity index (χ2n) is 16.8. The van der Waals surface area contributed by atoms with Crippen LogP contribution in [-0.2, 0) is 10.8 Å². The van der Waals surface area contributed by atoms with Crippen molar-refractivity contribution in [3.63, 3.8) is 0 Å². The summed E-state index contributed by atoms with van der Waals surface area (Å²) in [6.45, 7) is 4.80. The number of benzene rings is 10. The summed E-state index contributed by atoms with van der Waals surface area (Å²) in [4.78, 5) is 2.43.